The summed E-state index contributed by atoms with van der Waals surface area (Å²) in [5.41, 5.74) is 4.09. The first kappa shape index (κ1) is 22.3. The molecule has 1 aliphatic rings. The molecule has 3 aromatic carbocycles. The van der Waals surface area contributed by atoms with Crippen LogP contribution in [0.4, 0.5) is 0 Å². The van der Waals surface area contributed by atoms with E-state index in [0.29, 0.717) is 17.9 Å². The molecule has 0 spiro atoms. The third-order valence-electron chi connectivity index (χ3n) is 5.89. The van der Waals surface area contributed by atoms with Crippen molar-refractivity contribution < 1.29 is 19.4 Å². The maximum absolute atomic E-state index is 13.2. The Bertz CT molecular complexity index is 1210. The van der Waals surface area contributed by atoms with E-state index in [1.165, 1.54) is 4.90 Å². The molecule has 33 heavy (non-hydrogen) atoms. The van der Waals surface area contributed by atoms with E-state index in [9.17, 15) is 14.7 Å². The van der Waals surface area contributed by atoms with Gasteiger partial charge in [0.05, 0.1) is 18.2 Å². The van der Waals surface area contributed by atoms with Crippen molar-refractivity contribution in [2.75, 3.05) is 6.61 Å². The molecular formula is C28H27NO4. The zero-order valence-electron chi connectivity index (χ0n) is 19.0. The van der Waals surface area contributed by atoms with Gasteiger partial charge < -0.3 is 14.7 Å². The zero-order chi connectivity index (χ0) is 23.5. The van der Waals surface area contributed by atoms with Gasteiger partial charge >= 0.3 is 0 Å². The number of ketones is 1. The summed E-state index contributed by atoms with van der Waals surface area (Å²) in [5.74, 6) is -0.743. The zero-order valence-corrected chi connectivity index (χ0v) is 19.0. The van der Waals surface area contributed by atoms with Crippen LogP contribution < -0.4 is 4.74 Å². The molecule has 1 saturated heterocycles. The SMILES string of the molecule is CCOc1ccc(C2/C(=C(\O)c3cc(C)ccc3C)C(=O)C(=O)N2Cc2ccccc2)cc1. The third kappa shape index (κ3) is 4.40. The molecule has 1 fully saturated rings. The largest absolute Gasteiger partial charge is 0.507 e. The molecule has 1 amide bonds. The molecule has 168 valence electrons. The highest BCUT2D eigenvalue weighted by molar-refractivity contribution is 6.46. The Morgan fingerprint density at radius 1 is 0.970 bits per heavy atom. The molecule has 4 rings (SSSR count). The van der Waals surface area contributed by atoms with Crippen LogP contribution >= 0.6 is 0 Å². The number of rotatable bonds is 6. The number of Topliss-reactive ketones (excluding diaryl/α,β-unsaturated/α-hetero) is 1. The number of hydrogen-bond donors (Lipinski definition) is 1. The topological polar surface area (TPSA) is 66.8 Å². The molecule has 0 aliphatic carbocycles. The maximum atomic E-state index is 13.2. The Labute approximate surface area is 193 Å². The second-order valence-corrected chi connectivity index (χ2v) is 8.23. The Morgan fingerprint density at radius 3 is 2.33 bits per heavy atom. The van der Waals surface area contributed by atoms with Crippen LogP contribution in [0.5, 0.6) is 5.75 Å². The van der Waals surface area contributed by atoms with Crippen molar-refractivity contribution >= 4 is 17.4 Å². The van der Waals surface area contributed by atoms with Gasteiger partial charge in [0.2, 0.25) is 0 Å². The van der Waals surface area contributed by atoms with Crippen molar-refractivity contribution in [3.63, 3.8) is 0 Å². The van der Waals surface area contributed by atoms with Crippen LogP contribution in [0, 0.1) is 13.8 Å². The number of nitrogens with zero attached hydrogens (tertiary/aromatic N) is 1. The summed E-state index contributed by atoms with van der Waals surface area (Å²) in [6.07, 6.45) is 0. The van der Waals surface area contributed by atoms with Crippen molar-refractivity contribution in [2.45, 2.75) is 33.4 Å². The molecule has 1 unspecified atom stereocenters. The Kier molecular flexibility index (Phi) is 6.31. The first-order valence-corrected chi connectivity index (χ1v) is 11.0. The summed E-state index contributed by atoms with van der Waals surface area (Å²) >= 11 is 0. The lowest BCUT2D eigenvalue weighted by Crippen LogP contribution is -2.29. The van der Waals surface area contributed by atoms with E-state index in [0.717, 1.165) is 22.3 Å². The van der Waals surface area contributed by atoms with Crippen molar-refractivity contribution in [1.29, 1.82) is 0 Å². The van der Waals surface area contributed by atoms with Crippen LogP contribution in [0.1, 0.15) is 40.8 Å². The minimum absolute atomic E-state index is 0.105. The fourth-order valence-electron chi connectivity index (χ4n) is 4.22. The average Bonchev–Trinajstić information content (AvgIpc) is 3.06. The molecule has 0 radical (unpaired) electrons. The molecule has 5 heteroatoms. The molecule has 0 bridgehead atoms. The molecule has 3 aromatic rings. The number of aliphatic hydroxyl groups is 1. The Morgan fingerprint density at radius 2 is 1.67 bits per heavy atom. The lowest BCUT2D eigenvalue weighted by molar-refractivity contribution is -0.140. The summed E-state index contributed by atoms with van der Waals surface area (Å²) in [6.45, 7) is 6.51. The van der Waals surface area contributed by atoms with E-state index in [1.54, 1.807) is 0 Å². The number of ether oxygens (including phenoxy) is 1. The summed E-state index contributed by atoms with van der Waals surface area (Å²) in [6, 6.07) is 21.8. The van der Waals surface area contributed by atoms with Crippen LogP contribution in [0.2, 0.25) is 0 Å². The van der Waals surface area contributed by atoms with Gasteiger partial charge in [0.1, 0.15) is 11.5 Å². The van der Waals surface area contributed by atoms with Gasteiger partial charge in [-0.15, -0.1) is 0 Å². The monoisotopic (exact) mass is 441 g/mol. The first-order chi connectivity index (χ1) is 15.9. The van der Waals surface area contributed by atoms with E-state index in [1.807, 2.05) is 93.6 Å². The van der Waals surface area contributed by atoms with Gasteiger partial charge in [-0.1, -0.05) is 60.2 Å². The number of aliphatic hydroxyl groups excluding tert-OH is 1. The van der Waals surface area contributed by atoms with Gasteiger partial charge in [0.15, 0.2) is 0 Å². The summed E-state index contributed by atoms with van der Waals surface area (Å²) in [7, 11) is 0. The highest BCUT2D eigenvalue weighted by Gasteiger charge is 2.46. The number of benzene rings is 3. The molecule has 0 aromatic heterocycles. The van der Waals surface area contributed by atoms with Gasteiger partial charge in [0.25, 0.3) is 11.7 Å². The highest BCUT2D eigenvalue weighted by Crippen LogP contribution is 2.41. The summed E-state index contributed by atoms with van der Waals surface area (Å²) < 4.78 is 5.55. The number of amides is 1. The van der Waals surface area contributed by atoms with Gasteiger partial charge in [-0.25, -0.2) is 0 Å². The second kappa shape index (κ2) is 9.33. The number of carbonyl (C=O) groups excluding carboxylic acids is 2. The number of hydrogen-bond acceptors (Lipinski definition) is 4. The molecule has 5 nitrogen and oxygen atoms in total. The summed E-state index contributed by atoms with van der Waals surface area (Å²) in [4.78, 5) is 27.9. The van der Waals surface area contributed by atoms with E-state index >= 15 is 0 Å². The number of likely N-dealkylation sites (tertiary alicyclic amines) is 1. The molecule has 1 aliphatic heterocycles. The highest BCUT2D eigenvalue weighted by atomic mass is 16.5. The van der Waals surface area contributed by atoms with Crippen LogP contribution in [0.25, 0.3) is 5.76 Å². The second-order valence-electron chi connectivity index (χ2n) is 8.23. The normalized spacial score (nSPS) is 17.4. The number of carbonyl (C=O) groups is 2. The van der Waals surface area contributed by atoms with E-state index in [2.05, 4.69) is 0 Å². The van der Waals surface area contributed by atoms with Gasteiger partial charge in [-0.2, -0.15) is 0 Å². The molecule has 1 heterocycles. The van der Waals surface area contributed by atoms with Crippen LogP contribution in [-0.4, -0.2) is 28.3 Å². The van der Waals surface area contributed by atoms with Crippen LogP contribution in [-0.2, 0) is 16.1 Å². The predicted molar refractivity (Wildman–Crippen MR) is 128 cm³/mol. The summed E-state index contributed by atoms with van der Waals surface area (Å²) in [5, 5.41) is 11.3. The average molecular weight is 442 g/mol. The standard InChI is InChI=1S/C28H27NO4/c1-4-33-22-14-12-21(13-15-22)25-24(26(30)23-16-18(2)10-11-19(23)3)27(31)28(32)29(25)17-20-8-6-5-7-9-20/h5-16,25,30H,4,17H2,1-3H3/b26-24+. The lowest BCUT2D eigenvalue weighted by Gasteiger charge is -2.26. The predicted octanol–water partition coefficient (Wildman–Crippen LogP) is 5.32. The maximum Gasteiger partial charge on any atom is 0.295 e. The minimum atomic E-state index is -0.708. The number of aryl methyl sites for hydroxylation is 2. The Balaban J connectivity index is 1.87. The van der Waals surface area contributed by atoms with Crippen molar-refractivity contribution in [1.82, 2.24) is 4.90 Å². The smallest absolute Gasteiger partial charge is 0.295 e. The lowest BCUT2D eigenvalue weighted by atomic mass is 9.93. The van der Waals surface area contributed by atoms with E-state index in [-0.39, 0.29) is 17.9 Å². The Hall–Kier alpha value is -3.86. The molecular weight excluding hydrogens is 414 g/mol. The fourth-order valence-corrected chi connectivity index (χ4v) is 4.22. The minimum Gasteiger partial charge on any atom is -0.507 e. The van der Waals surface area contributed by atoms with Crippen LogP contribution in [0.3, 0.4) is 0 Å². The van der Waals surface area contributed by atoms with Crippen molar-refractivity contribution in [3.8, 4) is 5.75 Å². The van der Waals surface area contributed by atoms with Gasteiger partial charge in [0, 0.05) is 12.1 Å². The molecule has 1 N–H and O–H groups in total. The van der Waals surface area contributed by atoms with Gasteiger partial charge in [-0.3, -0.25) is 9.59 Å². The van der Waals surface area contributed by atoms with Crippen molar-refractivity contribution in [3.05, 3.63) is 106 Å². The van der Waals surface area contributed by atoms with E-state index in [4.69, 9.17) is 4.74 Å². The van der Waals surface area contributed by atoms with Crippen molar-refractivity contribution in [2.24, 2.45) is 0 Å². The third-order valence-corrected chi connectivity index (χ3v) is 5.89. The fraction of sp³-hybridized carbons (Fsp3) is 0.214. The van der Waals surface area contributed by atoms with E-state index < -0.39 is 17.7 Å². The molecule has 0 saturated carbocycles. The van der Waals surface area contributed by atoms with Gasteiger partial charge in [-0.05, 0) is 55.7 Å². The molecule has 1 atom stereocenters. The quantitative estimate of drug-likeness (QED) is 0.319. The first-order valence-electron chi connectivity index (χ1n) is 11.0. The van der Waals surface area contributed by atoms with Crippen LogP contribution in [0.15, 0.2) is 78.4 Å².